The van der Waals surface area contributed by atoms with E-state index in [1.54, 1.807) is 36.4 Å². The molecule has 0 amide bonds. The summed E-state index contributed by atoms with van der Waals surface area (Å²) in [4.78, 5) is 39.4. The van der Waals surface area contributed by atoms with Crippen molar-refractivity contribution < 1.29 is 4.74 Å². The summed E-state index contributed by atoms with van der Waals surface area (Å²) in [5.41, 5.74) is 1.98. The summed E-state index contributed by atoms with van der Waals surface area (Å²) in [6.45, 7) is 0.0856. The van der Waals surface area contributed by atoms with E-state index in [4.69, 9.17) is 21.6 Å². The zero-order valence-corrected chi connectivity index (χ0v) is 19.8. The van der Waals surface area contributed by atoms with Crippen LogP contribution in [0.1, 0.15) is 11.3 Å². The molecule has 0 saturated heterocycles. The van der Waals surface area contributed by atoms with Gasteiger partial charge in [0.15, 0.2) is 5.65 Å². The van der Waals surface area contributed by atoms with Crippen molar-refractivity contribution in [3.63, 3.8) is 0 Å². The molecule has 0 aliphatic carbocycles. The second kappa shape index (κ2) is 9.09. The van der Waals surface area contributed by atoms with E-state index in [2.05, 4.69) is 20.1 Å². The zero-order chi connectivity index (χ0) is 25.4. The molecule has 4 aromatic heterocycles. The third kappa shape index (κ3) is 3.89. The summed E-state index contributed by atoms with van der Waals surface area (Å²) in [5.74, 6) is 0. The Bertz CT molecular complexity index is 1750. The topological polar surface area (TPSA) is 133 Å². The molecule has 4 heterocycles. The molecule has 12 heteroatoms. The number of fused-ring (bicyclic) bond motifs is 1. The maximum atomic E-state index is 13.6. The third-order valence-electron chi connectivity index (χ3n) is 5.60. The standard InChI is InChI=1S/C24H17ClN8O3/c1-31-22(34)20(15-4-6-17(25)7-5-15)19(16-11-28-23(36-2)29-12-16)21-30-32(24(35)33(21)31)13-14-3-8-18(9-26)27-10-14/h3-8,10-12H,13H2,1-2H3. The molecule has 178 valence electrons. The Hall–Kier alpha value is -4.82. The Morgan fingerprint density at radius 1 is 0.972 bits per heavy atom. The lowest BCUT2D eigenvalue weighted by Crippen LogP contribution is -2.33. The molecule has 0 atom stereocenters. The fourth-order valence-electron chi connectivity index (χ4n) is 3.87. The van der Waals surface area contributed by atoms with Crippen LogP contribution in [0.4, 0.5) is 0 Å². The number of hydrogen-bond acceptors (Lipinski definition) is 8. The Balaban J connectivity index is 1.80. The number of rotatable bonds is 5. The van der Waals surface area contributed by atoms with Gasteiger partial charge < -0.3 is 4.74 Å². The Morgan fingerprint density at radius 2 is 1.69 bits per heavy atom. The molecule has 0 N–H and O–H groups in total. The van der Waals surface area contributed by atoms with Gasteiger partial charge in [0.25, 0.3) is 5.56 Å². The maximum absolute atomic E-state index is 13.6. The lowest BCUT2D eigenvalue weighted by molar-refractivity contribution is 0.380. The van der Waals surface area contributed by atoms with Crippen LogP contribution in [0.5, 0.6) is 6.01 Å². The largest absolute Gasteiger partial charge is 0.467 e. The van der Waals surface area contributed by atoms with Crippen molar-refractivity contribution in [3.8, 4) is 34.3 Å². The van der Waals surface area contributed by atoms with Crippen LogP contribution in [-0.4, -0.2) is 41.0 Å². The number of ether oxygens (including phenoxy) is 1. The lowest BCUT2D eigenvalue weighted by atomic mass is 9.98. The maximum Gasteiger partial charge on any atom is 0.365 e. The minimum Gasteiger partial charge on any atom is -0.467 e. The fourth-order valence-corrected chi connectivity index (χ4v) is 3.99. The number of aromatic nitrogens is 7. The van der Waals surface area contributed by atoms with Crippen LogP contribution in [-0.2, 0) is 13.6 Å². The number of aryl methyl sites for hydroxylation is 1. The van der Waals surface area contributed by atoms with Crippen molar-refractivity contribution in [1.29, 1.82) is 5.26 Å². The van der Waals surface area contributed by atoms with Gasteiger partial charge in [0, 0.05) is 41.8 Å². The lowest BCUT2D eigenvalue weighted by Gasteiger charge is -2.13. The van der Waals surface area contributed by atoms with Crippen LogP contribution in [0.2, 0.25) is 5.02 Å². The summed E-state index contributed by atoms with van der Waals surface area (Å²) in [7, 11) is 2.95. The van der Waals surface area contributed by atoms with E-state index in [1.165, 1.54) is 46.6 Å². The molecule has 0 radical (unpaired) electrons. The van der Waals surface area contributed by atoms with E-state index < -0.39 is 11.2 Å². The number of halogens is 1. The Morgan fingerprint density at radius 3 is 2.31 bits per heavy atom. The van der Waals surface area contributed by atoms with Gasteiger partial charge in [-0.15, -0.1) is 5.10 Å². The number of pyridine rings is 1. The summed E-state index contributed by atoms with van der Waals surface area (Å²) >= 11 is 6.07. The van der Waals surface area contributed by atoms with Gasteiger partial charge in [-0.3, -0.25) is 4.79 Å². The third-order valence-corrected chi connectivity index (χ3v) is 5.86. The van der Waals surface area contributed by atoms with Gasteiger partial charge in [-0.2, -0.15) is 9.78 Å². The van der Waals surface area contributed by atoms with Crippen LogP contribution < -0.4 is 16.0 Å². The molecule has 0 fully saturated rings. The van der Waals surface area contributed by atoms with Crippen LogP contribution in [0, 0.1) is 11.3 Å². The van der Waals surface area contributed by atoms with Crippen LogP contribution >= 0.6 is 11.6 Å². The molecule has 5 rings (SSSR count). The first kappa shape index (κ1) is 22.9. The van der Waals surface area contributed by atoms with Crippen molar-refractivity contribution in [2.75, 3.05) is 7.11 Å². The number of methoxy groups -OCH3 is 1. The van der Waals surface area contributed by atoms with Crippen molar-refractivity contribution >= 4 is 17.2 Å². The van der Waals surface area contributed by atoms with E-state index in [0.717, 1.165) is 0 Å². The minimum atomic E-state index is -0.521. The van der Waals surface area contributed by atoms with E-state index in [0.29, 0.717) is 32.8 Å². The highest BCUT2D eigenvalue weighted by Gasteiger charge is 2.24. The SMILES string of the molecule is COc1ncc(-c2c(-c3ccc(Cl)cc3)c(=O)n(C)n3c(=O)n(Cc4ccc(C#N)nc4)nc23)cn1. The first-order valence-electron chi connectivity index (χ1n) is 10.6. The molecule has 0 bridgehead atoms. The first-order valence-corrected chi connectivity index (χ1v) is 11.0. The number of nitrogens with zero attached hydrogens (tertiary/aromatic N) is 8. The van der Waals surface area contributed by atoms with Gasteiger partial charge in [-0.25, -0.2) is 29.1 Å². The molecule has 11 nitrogen and oxygen atoms in total. The van der Waals surface area contributed by atoms with Crippen molar-refractivity contribution in [2.24, 2.45) is 7.05 Å². The van der Waals surface area contributed by atoms with Gasteiger partial charge >= 0.3 is 11.7 Å². The van der Waals surface area contributed by atoms with Gasteiger partial charge in [-0.1, -0.05) is 29.8 Å². The highest BCUT2D eigenvalue weighted by molar-refractivity contribution is 6.30. The van der Waals surface area contributed by atoms with Gasteiger partial charge in [0.2, 0.25) is 0 Å². The Kier molecular flexibility index (Phi) is 5.79. The predicted molar refractivity (Wildman–Crippen MR) is 131 cm³/mol. The molecule has 0 spiro atoms. The summed E-state index contributed by atoms with van der Waals surface area (Å²) in [6, 6.07) is 12.2. The van der Waals surface area contributed by atoms with E-state index in [1.807, 2.05) is 6.07 Å². The van der Waals surface area contributed by atoms with Gasteiger partial charge in [0.1, 0.15) is 11.8 Å². The molecule has 5 aromatic rings. The average molecular weight is 501 g/mol. The monoisotopic (exact) mass is 500 g/mol. The summed E-state index contributed by atoms with van der Waals surface area (Å²) < 4.78 is 8.72. The van der Waals surface area contributed by atoms with Crippen LogP contribution in [0.25, 0.3) is 27.9 Å². The van der Waals surface area contributed by atoms with Crippen LogP contribution in [0.15, 0.2) is 64.6 Å². The van der Waals surface area contributed by atoms with E-state index in [-0.39, 0.29) is 23.9 Å². The first-order chi connectivity index (χ1) is 17.4. The number of nitriles is 1. The molecular formula is C24H17ClN8O3. The highest BCUT2D eigenvalue weighted by Crippen LogP contribution is 2.32. The smallest absolute Gasteiger partial charge is 0.365 e. The average Bonchev–Trinajstić information content (AvgIpc) is 3.22. The second-order valence-electron chi connectivity index (χ2n) is 7.78. The van der Waals surface area contributed by atoms with E-state index in [9.17, 15) is 9.59 Å². The van der Waals surface area contributed by atoms with Gasteiger partial charge in [-0.05, 0) is 29.3 Å². The predicted octanol–water partition coefficient (Wildman–Crippen LogP) is 2.30. The molecule has 0 aliphatic heterocycles. The Labute approximate surface area is 208 Å². The molecule has 1 aromatic carbocycles. The normalized spacial score (nSPS) is 10.9. The molecule has 36 heavy (non-hydrogen) atoms. The van der Waals surface area contributed by atoms with Gasteiger partial charge in [0.05, 0.1) is 19.2 Å². The molecular weight excluding hydrogens is 484 g/mol. The van der Waals surface area contributed by atoms with Crippen molar-refractivity contribution in [3.05, 3.63) is 92.1 Å². The number of hydrogen-bond donors (Lipinski definition) is 0. The molecule has 0 aliphatic rings. The fraction of sp³-hybridized carbons (Fsp3) is 0.125. The summed E-state index contributed by atoms with van der Waals surface area (Å²) in [6.07, 6.45) is 4.52. The quantitative estimate of drug-likeness (QED) is 0.359. The van der Waals surface area contributed by atoms with Crippen molar-refractivity contribution in [2.45, 2.75) is 6.54 Å². The molecule has 0 unspecified atom stereocenters. The number of benzene rings is 1. The second-order valence-corrected chi connectivity index (χ2v) is 8.22. The summed E-state index contributed by atoms with van der Waals surface area (Å²) in [5, 5.41) is 14.1. The van der Waals surface area contributed by atoms with Crippen molar-refractivity contribution in [1.82, 2.24) is 33.9 Å². The highest BCUT2D eigenvalue weighted by atomic mass is 35.5. The van der Waals surface area contributed by atoms with Crippen LogP contribution in [0.3, 0.4) is 0 Å². The van der Waals surface area contributed by atoms with E-state index >= 15 is 0 Å². The zero-order valence-electron chi connectivity index (χ0n) is 19.1. The minimum absolute atomic E-state index is 0.0856. The molecule has 0 saturated carbocycles.